The molecule has 1 fully saturated rings. The standard InChI is InChI=1S/C28H33NO11S/c1-7-35-28(34)21-14(2)25(19-11-9-8-10-12-19)41-27(21)29-26-24(39-18(6)33)23(38-17(5)32)22(37-16(4)31)20(40-26)13-36-15(3)30/h8-12,20,22-24,26,29H,7,13H2,1-6H3/t20-,22-,23+,24-,26?/m0/s1. The first-order valence-corrected chi connectivity index (χ1v) is 13.7. The van der Waals surface area contributed by atoms with Crippen LogP contribution in [0.5, 0.6) is 0 Å². The summed E-state index contributed by atoms with van der Waals surface area (Å²) in [6.07, 6.45) is -6.38. The predicted octanol–water partition coefficient (Wildman–Crippen LogP) is 3.40. The lowest BCUT2D eigenvalue weighted by atomic mass is 9.97. The highest BCUT2D eigenvalue weighted by molar-refractivity contribution is 7.20. The minimum absolute atomic E-state index is 0.132. The van der Waals surface area contributed by atoms with Gasteiger partial charge >= 0.3 is 29.8 Å². The van der Waals surface area contributed by atoms with Crippen molar-refractivity contribution in [1.29, 1.82) is 0 Å². The van der Waals surface area contributed by atoms with Gasteiger partial charge in [-0.1, -0.05) is 30.3 Å². The highest BCUT2D eigenvalue weighted by Crippen LogP contribution is 2.42. The van der Waals surface area contributed by atoms with E-state index in [1.807, 2.05) is 30.3 Å². The first kappa shape index (κ1) is 31.6. The molecule has 1 aliphatic rings. The SMILES string of the molecule is CCOC(=O)c1c(NC2O[C@@H](COC(C)=O)[C@H](OC(C)=O)[C@@H](OC(C)=O)[C@@H]2OC(C)=O)sc(-c2ccccc2)c1C. The average molecular weight is 592 g/mol. The van der Waals surface area contributed by atoms with Crippen LogP contribution in [0.3, 0.4) is 0 Å². The second-order valence-electron chi connectivity index (χ2n) is 9.11. The Morgan fingerprint density at radius 1 is 0.829 bits per heavy atom. The van der Waals surface area contributed by atoms with E-state index < -0.39 is 60.5 Å². The first-order valence-electron chi connectivity index (χ1n) is 12.9. The molecule has 1 aliphatic heterocycles. The summed E-state index contributed by atoms with van der Waals surface area (Å²) < 4.78 is 33.0. The number of rotatable bonds is 10. The van der Waals surface area contributed by atoms with Gasteiger partial charge in [-0.05, 0) is 25.0 Å². The quantitative estimate of drug-likeness (QED) is 0.318. The molecule has 0 radical (unpaired) electrons. The number of carbonyl (C=O) groups is 5. The number of esters is 5. The summed E-state index contributed by atoms with van der Waals surface area (Å²) in [5.74, 6) is -3.43. The molecule has 1 saturated heterocycles. The van der Waals surface area contributed by atoms with Gasteiger partial charge in [0.05, 0.1) is 12.2 Å². The van der Waals surface area contributed by atoms with Crippen molar-refractivity contribution in [2.75, 3.05) is 18.5 Å². The Labute approximate surface area is 241 Å². The number of nitrogens with one attached hydrogen (secondary N) is 1. The summed E-state index contributed by atoms with van der Waals surface area (Å²) in [4.78, 5) is 61.8. The van der Waals surface area contributed by atoms with Gasteiger partial charge in [-0.3, -0.25) is 19.2 Å². The Bertz CT molecular complexity index is 1280. The number of thiophene rings is 1. The van der Waals surface area contributed by atoms with Gasteiger partial charge in [0.2, 0.25) is 0 Å². The molecule has 5 atom stereocenters. The molecule has 0 bridgehead atoms. The summed E-state index contributed by atoms with van der Waals surface area (Å²) >= 11 is 1.24. The van der Waals surface area contributed by atoms with Crippen molar-refractivity contribution in [3.05, 3.63) is 41.5 Å². The zero-order valence-corrected chi connectivity index (χ0v) is 24.4. The molecule has 13 heteroatoms. The van der Waals surface area contributed by atoms with Crippen molar-refractivity contribution in [1.82, 2.24) is 0 Å². The van der Waals surface area contributed by atoms with E-state index in [4.69, 9.17) is 28.4 Å². The number of hydrogen-bond acceptors (Lipinski definition) is 13. The third-order valence-corrected chi connectivity index (χ3v) is 7.20. The third kappa shape index (κ3) is 8.04. The van der Waals surface area contributed by atoms with Gasteiger partial charge in [0, 0.05) is 32.6 Å². The summed E-state index contributed by atoms with van der Waals surface area (Å²) in [5.41, 5.74) is 1.74. The molecule has 0 aliphatic carbocycles. The number of ether oxygens (including phenoxy) is 6. The van der Waals surface area contributed by atoms with Crippen LogP contribution in [0.2, 0.25) is 0 Å². The second kappa shape index (κ2) is 14.1. The molecule has 1 unspecified atom stereocenters. The Kier molecular flexibility index (Phi) is 10.8. The minimum atomic E-state index is -1.35. The van der Waals surface area contributed by atoms with Gasteiger partial charge in [-0.25, -0.2) is 4.79 Å². The van der Waals surface area contributed by atoms with E-state index in [0.29, 0.717) is 10.6 Å². The van der Waals surface area contributed by atoms with Crippen molar-refractivity contribution in [3.8, 4) is 10.4 Å². The van der Waals surface area contributed by atoms with E-state index in [1.54, 1.807) is 13.8 Å². The number of hydrogen-bond donors (Lipinski definition) is 1. The number of benzene rings is 1. The largest absolute Gasteiger partial charge is 0.463 e. The monoisotopic (exact) mass is 591 g/mol. The highest BCUT2D eigenvalue weighted by atomic mass is 32.1. The Balaban J connectivity index is 2.13. The average Bonchev–Trinajstić information content (AvgIpc) is 3.21. The fraction of sp³-hybridized carbons (Fsp3) is 0.464. The zero-order chi connectivity index (χ0) is 30.3. The van der Waals surface area contributed by atoms with Crippen LogP contribution in [0.4, 0.5) is 5.00 Å². The lowest BCUT2D eigenvalue weighted by Crippen LogP contribution is -2.64. The second-order valence-corrected chi connectivity index (χ2v) is 10.1. The molecular weight excluding hydrogens is 558 g/mol. The van der Waals surface area contributed by atoms with Gasteiger partial charge in [0.25, 0.3) is 0 Å². The van der Waals surface area contributed by atoms with Crippen LogP contribution in [0.15, 0.2) is 30.3 Å². The summed E-state index contributed by atoms with van der Waals surface area (Å²) in [7, 11) is 0. The smallest absolute Gasteiger partial charge is 0.341 e. The van der Waals surface area contributed by atoms with Crippen LogP contribution in [-0.4, -0.2) is 73.7 Å². The number of anilines is 1. The fourth-order valence-corrected chi connectivity index (χ4v) is 5.63. The van der Waals surface area contributed by atoms with Crippen molar-refractivity contribution in [2.24, 2.45) is 0 Å². The Morgan fingerprint density at radius 2 is 1.41 bits per heavy atom. The summed E-state index contributed by atoms with van der Waals surface area (Å²) in [6.45, 7) is 7.85. The van der Waals surface area contributed by atoms with Gasteiger partial charge in [0.1, 0.15) is 17.7 Å². The van der Waals surface area contributed by atoms with E-state index in [9.17, 15) is 24.0 Å². The van der Waals surface area contributed by atoms with Crippen LogP contribution in [0.25, 0.3) is 10.4 Å². The Hall–Kier alpha value is -3.97. The molecular formula is C28H33NO11S. The fourth-order valence-electron chi connectivity index (χ4n) is 4.40. The molecule has 0 spiro atoms. The molecule has 2 heterocycles. The van der Waals surface area contributed by atoms with Gasteiger partial charge in [-0.15, -0.1) is 11.3 Å². The molecule has 0 saturated carbocycles. The maximum atomic E-state index is 13.1. The van der Waals surface area contributed by atoms with Gasteiger partial charge in [-0.2, -0.15) is 0 Å². The molecule has 2 aromatic rings. The first-order chi connectivity index (χ1) is 19.4. The van der Waals surface area contributed by atoms with Gasteiger partial charge in [0.15, 0.2) is 24.5 Å². The van der Waals surface area contributed by atoms with E-state index in [2.05, 4.69) is 5.32 Å². The summed E-state index contributed by atoms with van der Waals surface area (Å²) in [5, 5.41) is 3.45. The lowest BCUT2D eigenvalue weighted by molar-refractivity contribution is -0.247. The lowest BCUT2D eigenvalue weighted by Gasteiger charge is -2.44. The normalized spacial score (nSPS) is 21.8. The van der Waals surface area contributed by atoms with Crippen molar-refractivity contribution < 1.29 is 52.4 Å². The summed E-state index contributed by atoms with van der Waals surface area (Å²) in [6, 6.07) is 9.39. The van der Waals surface area contributed by atoms with Crippen LogP contribution in [0.1, 0.15) is 50.5 Å². The molecule has 12 nitrogen and oxygen atoms in total. The van der Waals surface area contributed by atoms with E-state index in [-0.39, 0.29) is 18.8 Å². The molecule has 1 aromatic carbocycles. The van der Waals surface area contributed by atoms with Crippen molar-refractivity contribution in [2.45, 2.75) is 72.2 Å². The maximum absolute atomic E-state index is 13.1. The van der Waals surface area contributed by atoms with Crippen LogP contribution >= 0.6 is 11.3 Å². The predicted molar refractivity (Wildman–Crippen MR) is 146 cm³/mol. The van der Waals surface area contributed by atoms with Crippen LogP contribution in [-0.2, 0) is 47.6 Å². The van der Waals surface area contributed by atoms with Crippen LogP contribution < -0.4 is 5.32 Å². The van der Waals surface area contributed by atoms with Crippen molar-refractivity contribution in [3.63, 3.8) is 0 Å². The highest BCUT2D eigenvalue weighted by Gasteiger charge is 2.52. The maximum Gasteiger partial charge on any atom is 0.341 e. The third-order valence-electron chi connectivity index (χ3n) is 5.93. The molecule has 3 rings (SSSR count). The number of carbonyl (C=O) groups excluding carboxylic acids is 5. The molecule has 41 heavy (non-hydrogen) atoms. The van der Waals surface area contributed by atoms with E-state index >= 15 is 0 Å². The molecule has 1 N–H and O–H groups in total. The van der Waals surface area contributed by atoms with Crippen LogP contribution in [0, 0.1) is 6.92 Å². The molecule has 1 aromatic heterocycles. The molecule has 222 valence electrons. The van der Waals surface area contributed by atoms with Gasteiger partial charge < -0.3 is 33.7 Å². The zero-order valence-electron chi connectivity index (χ0n) is 23.6. The minimum Gasteiger partial charge on any atom is -0.463 e. The van der Waals surface area contributed by atoms with E-state index in [0.717, 1.165) is 31.2 Å². The van der Waals surface area contributed by atoms with Crippen molar-refractivity contribution >= 4 is 46.2 Å². The topological polar surface area (TPSA) is 153 Å². The Morgan fingerprint density at radius 3 is 1.98 bits per heavy atom. The molecule has 0 amide bonds. The van der Waals surface area contributed by atoms with E-state index in [1.165, 1.54) is 18.3 Å².